The zero-order chi connectivity index (χ0) is 14.5. The molecule has 0 aliphatic heterocycles. The molecule has 0 aromatic heterocycles. The van der Waals surface area contributed by atoms with Crippen LogP contribution in [0.5, 0.6) is 0 Å². The first-order valence-electron chi connectivity index (χ1n) is 6.54. The third kappa shape index (κ3) is 6.02. The highest BCUT2D eigenvalue weighted by atomic mass is 79.9. The Morgan fingerprint density at radius 2 is 2.11 bits per heavy atom. The van der Waals surface area contributed by atoms with E-state index in [0.717, 1.165) is 30.4 Å². The lowest BCUT2D eigenvalue weighted by atomic mass is 9.88. The van der Waals surface area contributed by atoms with Crippen molar-refractivity contribution in [1.29, 1.82) is 0 Å². The molecule has 1 aromatic rings. The Labute approximate surface area is 130 Å². The third-order valence-corrected chi connectivity index (χ3v) is 4.40. The van der Waals surface area contributed by atoms with Crippen LogP contribution in [0.4, 0.5) is 0 Å². The van der Waals surface area contributed by atoms with Gasteiger partial charge >= 0.3 is 0 Å². The number of hydrogen-bond donors (Lipinski definition) is 1. The van der Waals surface area contributed by atoms with Gasteiger partial charge in [0, 0.05) is 16.4 Å². The smallest absolute Gasteiger partial charge is 0.0784 e. The summed E-state index contributed by atoms with van der Waals surface area (Å²) in [5.41, 5.74) is 7.03. The Kier molecular flexibility index (Phi) is 6.43. The number of thiocarbonyl (C=S) groups is 1. The van der Waals surface area contributed by atoms with E-state index in [1.54, 1.807) is 0 Å². The number of rotatable bonds is 7. The Morgan fingerprint density at radius 3 is 2.68 bits per heavy atom. The molecule has 106 valence electrons. The van der Waals surface area contributed by atoms with Gasteiger partial charge in [-0.15, -0.1) is 0 Å². The average Bonchev–Trinajstić information content (AvgIpc) is 2.28. The minimum absolute atomic E-state index is 0.0358. The highest BCUT2D eigenvalue weighted by Crippen LogP contribution is 2.22. The summed E-state index contributed by atoms with van der Waals surface area (Å²) in [6.45, 7) is 6.25. The van der Waals surface area contributed by atoms with Crippen molar-refractivity contribution >= 4 is 33.1 Å². The van der Waals surface area contributed by atoms with E-state index in [1.807, 2.05) is 6.07 Å². The lowest BCUT2D eigenvalue weighted by molar-refractivity contribution is 0.301. The van der Waals surface area contributed by atoms with Crippen LogP contribution < -0.4 is 5.73 Å². The zero-order valence-corrected chi connectivity index (χ0v) is 14.4. The van der Waals surface area contributed by atoms with Gasteiger partial charge in [-0.3, -0.25) is 0 Å². The van der Waals surface area contributed by atoms with Crippen LogP contribution in [0.15, 0.2) is 28.7 Å². The van der Waals surface area contributed by atoms with Crippen LogP contribution in [0.2, 0.25) is 0 Å². The molecule has 0 amide bonds. The van der Waals surface area contributed by atoms with Gasteiger partial charge in [-0.05, 0) is 44.1 Å². The van der Waals surface area contributed by atoms with Crippen LogP contribution in [0, 0.1) is 5.41 Å². The summed E-state index contributed by atoms with van der Waals surface area (Å²) in [7, 11) is 2.15. The molecule has 0 bridgehead atoms. The molecule has 1 rings (SSSR count). The molecule has 0 spiro atoms. The first kappa shape index (κ1) is 16.6. The van der Waals surface area contributed by atoms with Gasteiger partial charge in [-0.1, -0.05) is 54.1 Å². The van der Waals surface area contributed by atoms with Crippen LogP contribution in [0.25, 0.3) is 0 Å². The van der Waals surface area contributed by atoms with E-state index in [9.17, 15) is 0 Å². The van der Waals surface area contributed by atoms with Crippen LogP contribution in [0.1, 0.15) is 32.3 Å². The molecule has 1 aromatic carbocycles. The molecular weight excluding hydrogens is 320 g/mol. The predicted molar refractivity (Wildman–Crippen MR) is 90.3 cm³/mol. The maximum atomic E-state index is 5.74. The summed E-state index contributed by atoms with van der Waals surface area (Å²) in [5.74, 6) is 0. The molecule has 0 atom stereocenters. The lowest BCUT2D eigenvalue weighted by Gasteiger charge is -2.24. The summed E-state index contributed by atoms with van der Waals surface area (Å²) >= 11 is 8.59. The fraction of sp³-hybridized carbons (Fsp3) is 0.533. The number of halogens is 1. The minimum atomic E-state index is -0.0358. The monoisotopic (exact) mass is 342 g/mol. The lowest BCUT2D eigenvalue weighted by Crippen LogP contribution is -2.30. The van der Waals surface area contributed by atoms with Gasteiger partial charge < -0.3 is 10.6 Å². The molecule has 4 heteroatoms. The van der Waals surface area contributed by atoms with Crippen molar-refractivity contribution < 1.29 is 0 Å². The van der Waals surface area contributed by atoms with E-state index < -0.39 is 0 Å². The van der Waals surface area contributed by atoms with E-state index in [2.05, 4.69) is 59.9 Å². The van der Waals surface area contributed by atoms with Gasteiger partial charge in [-0.2, -0.15) is 0 Å². The van der Waals surface area contributed by atoms with Crippen molar-refractivity contribution in [3.8, 4) is 0 Å². The summed E-state index contributed by atoms with van der Waals surface area (Å²) < 4.78 is 1.13. The molecule has 19 heavy (non-hydrogen) atoms. The molecule has 2 N–H and O–H groups in total. The quantitative estimate of drug-likeness (QED) is 0.760. The van der Waals surface area contributed by atoms with Crippen LogP contribution in [0.3, 0.4) is 0 Å². The molecule has 0 unspecified atom stereocenters. The minimum Gasteiger partial charge on any atom is -0.393 e. The van der Waals surface area contributed by atoms with Crippen LogP contribution in [-0.4, -0.2) is 23.5 Å². The maximum absolute atomic E-state index is 5.74. The van der Waals surface area contributed by atoms with Gasteiger partial charge in [0.15, 0.2) is 0 Å². The molecule has 2 nitrogen and oxygen atoms in total. The van der Waals surface area contributed by atoms with Gasteiger partial charge in [0.2, 0.25) is 0 Å². The number of hydrogen-bond acceptors (Lipinski definition) is 2. The van der Waals surface area contributed by atoms with Gasteiger partial charge in [-0.25, -0.2) is 0 Å². The van der Waals surface area contributed by atoms with E-state index in [0.29, 0.717) is 4.99 Å². The summed E-state index contributed by atoms with van der Waals surface area (Å²) in [6, 6.07) is 8.44. The molecular formula is C15H23BrN2S. The van der Waals surface area contributed by atoms with Crippen molar-refractivity contribution in [3.05, 3.63) is 34.3 Å². The zero-order valence-electron chi connectivity index (χ0n) is 11.9. The van der Waals surface area contributed by atoms with Crippen LogP contribution >= 0.6 is 28.1 Å². The van der Waals surface area contributed by atoms with E-state index in [-0.39, 0.29) is 5.41 Å². The van der Waals surface area contributed by atoms with E-state index in [1.165, 1.54) is 5.56 Å². The SMILES string of the molecule is CN(CCCC(C)(C)C(N)=S)Cc1cccc(Br)c1. The second-order valence-corrected chi connectivity index (χ2v) is 7.07. The van der Waals surface area contributed by atoms with Gasteiger partial charge in [0.1, 0.15) is 0 Å². The maximum Gasteiger partial charge on any atom is 0.0784 e. The van der Waals surface area contributed by atoms with E-state index >= 15 is 0 Å². The number of nitrogens with two attached hydrogens (primary N) is 1. The Hall–Kier alpha value is -0.450. The largest absolute Gasteiger partial charge is 0.393 e. The summed E-state index contributed by atoms with van der Waals surface area (Å²) in [5, 5.41) is 0. The number of benzene rings is 1. The Morgan fingerprint density at radius 1 is 1.42 bits per heavy atom. The fourth-order valence-corrected chi connectivity index (χ4v) is 2.49. The fourth-order valence-electron chi connectivity index (χ4n) is 1.94. The van der Waals surface area contributed by atoms with E-state index in [4.69, 9.17) is 18.0 Å². The topological polar surface area (TPSA) is 29.3 Å². The first-order chi connectivity index (χ1) is 8.81. The summed E-state index contributed by atoms with van der Waals surface area (Å²) in [6.07, 6.45) is 2.14. The Balaban J connectivity index is 2.36. The second-order valence-electron chi connectivity index (χ2n) is 5.72. The second kappa shape index (κ2) is 7.36. The van der Waals surface area contributed by atoms with Gasteiger partial charge in [0.25, 0.3) is 0 Å². The predicted octanol–water partition coefficient (Wildman–Crippen LogP) is 3.97. The standard InChI is InChI=1S/C15H23BrN2S/c1-15(2,14(17)19)8-5-9-18(3)11-12-6-4-7-13(16)10-12/h4,6-7,10H,5,8-9,11H2,1-3H3,(H2,17,19). The third-order valence-electron chi connectivity index (χ3n) is 3.35. The first-order valence-corrected chi connectivity index (χ1v) is 7.74. The van der Waals surface area contributed by atoms with Crippen molar-refractivity contribution in [1.82, 2.24) is 4.90 Å². The molecule has 0 radical (unpaired) electrons. The molecule has 0 heterocycles. The highest BCUT2D eigenvalue weighted by Gasteiger charge is 2.20. The van der Waals surface area contributed by atoms with Crippen LogP contribution in [-0.2, 0) is 6.54 Å². The molecule has 0 fully saturated rings. The molecule has 0 saturated carbocycles. The Bertz CT molecular complexity index is 432. The van der Waals surface area contributed by atoms with Crippen molar-refractivity contribution in [3.63, 3.8) is 0 Å². The van der Waals surface area contributed by atoms with Gasteiger partial charge in [0.05, 0.1) is 4.99 Å². The summed E-state index contributed by atoms with van der Waals surface area (Å²) in [4.78, 5) is 2.94. The van der Waals surface area contributed by atoms with Crippen molar-refractivity contribution in [2.24, 2.45) is 11.1 Å². The molecule has 0 aliphatic rings. The number of nitrogens with zero attached hydrogens (tertiary/aromatic N) is 1. The van der Waals surface area contributed by atoms with Crippen molar-refractivity contribution in [2.75, 3.05) is 13.6 Å². The van der Waals surface area contributed by atoms with Crippen molar-refractivity contribution in [2.45, 2.75) is 33.2 Å². The normalized spacial score (nSPS) is 11.8. The highest BCUT2D eigenvalue weighted by molar-refractivity contribution is 9.10. The molecule has 0 aliphatic carbocycles. The average molecular weight is 343 g/mol. The molecule has 0 saturated heterocycles.